The second kappa shape index (κ2) is 27.7. The Hall–Kier alpha value is -7.02. The first-order chi connectivity index (χ1) is 32.9. The number of aliphatic imine (C=N–C) groups is 2. The highest BCUT2D eigenvalue weighted by Crippen LogP contribution is 2.24. The minimum absolute atomic E-state index is 0.000303. The van der Waals surface area contributed by atoms with E-state index in [1.165, 1.54) is 24.6 Å². The molecule has 1 saturated heterocycles. The van der Waals surface area contributed by atoms with Crippen LogP contribution in [-0.2, 0) is 51.2 Å². The van der Waals surface area contributed by atoms with Gasteiger partial charge in [-0.25, -0.2) is 0 Å². The molecule has 1 aromatic heterocycles. The summed E-state index contributed by atoms with van der Waals surface area (Å²) in [4.78, 5) is 121. The number of rotatable bonds is 16. The van der Waals surface area contributed by atoms with E-state index in [2.05, 4.69) is 52.2 Å². The summed E-state index contributed by atoms with van der Waals surface area (Å²) in [5.41, 5.74) is 29.8. The van der Waals surface area contributed by atoms with Crippen LogP contribution in [0.15, 0.2) is 70.8 Å². The van der Waals surface area contributed by atoms with Gasteiger partial charge in [0.15, 0.2) is 11.9 Å². The van der Waals surface area contributed by atoms with Crippen LogP contribution in [0.5, 0.6) is 0 Å². The summed E-state index contributed by atoms with van der Waals surface area (Å²) in [7, 11) is 2.37. The number of aromatic nitrogens is 1. The highest BCUT2D eigenvalue weighted by Gasteiger charge is 2.34. The minimum Gasteiger partial charge on any atom is -0.370 e. The molecule has 0 bridgehead atoms. The van der Waals surface area contributed by atoms with E-state index in [1.807, 2.05) is 24.3 Å². The second-order valence-corrected chi connectivity index (χ2v) is 18.9. The zero-order chi connectivity index (χ0) is 50.5. The lowest BCUT2D eigenvalue weighted by molar-refractivity contribution is -0.135. The van der Waals surface area contributed by atoms with E-state index in [0.717, 1.165) is 21.7 Å². The molecule has 0 radical (unpaired) electrons. The van der Waals surface area contributed by atoms with Gasteiger partial charge >= 0.3 is 0 Å². The average Bonchev–Trinajstić information content (AvgIpc) is 3.71. The normalized spacial score (nSPS) is 21.6. The van der Waals surface area contributed by atoms with E-state index in [-0.39, 0.29) is 75.0 Å². The van der Waals surface area contributed by atoms with Gasteiger partial charge in [0.2, 0.25) is 47.3 Å². The molecule has 8 amide bonds. The first kappa shape index (κ1) is 54.6. The molecule has 1 aliphatic rings. The van der Waals surface area contributed by atoms with E-state index in [1.54, 1.807) is 36.5 Å². The molecular weight excluding hydrogens is 931 g/mol. The van der Waals surface area contributed by atoms with Gasteiger partial charge in [-0.1, -0.05) is 70.1 Å². The number of nitrogens with zero attached hydrogens (tertiary/aromatic N) is 2. The molecule has 1 fully saturated rings. The molecule has 2 heterocycles. The monoisotopic (exact) mass is 993 g/mol. The summed E-state index contributed by atoms with van der Waals surface area (Å²) in [6.07, 6.45) is 2.24. The van der Waals surface area contributed by atoms with Gasteiger partial charge in [0, 0.05) is 61.5 Å². The molecule has 0 aliphatic carbocycles. The van der Waals surface area contributed by atoms with Crippen molar-refractivity contribution in [3.63, 3.8) is 0 Å². The number of nitrogens with two attached hydrogens (primary N) is 5. The quantitative estimate of drug-likeness (QED) is 0.0313. The molecule has 69 heavy (non-hydrogen) atoms. The fourth-order valence-electron chi connectivity index (χ4n) is 7.15. The Morgan fingerprint density at radius 3 is 2.01 bits per heavy atom. The Morgan fingerprint density at radius 2 is 1.33 bits per heavy atom. The van der Waals surface area contributed by atoms with Crippen molar-refractivity contribution >= 4 is 91.7 Å². The number of carbonyl (C=O) groups is 8. The fraction of sp³-hybridized carbons (Fsp3) is 0.455. The fourth-order valence-corrected chi connectivity index (χ4v) is 9.42. The molecular formula is C44H63N15O8S2. The van der Waals surface area contributed by atoms with Gasteiger partial charge < -0.3 is 70.9 Å². The molecule has 1 unspecified atom stereocenters. The number of aromatic amines is 1. The summed E-state index contributed by atoms with van der Waals surface area (Å²) in [6.45, 7) is 2.90. The van der Waals surface area contributed by atoms with Crippen molar-refractivity contribution in [2.24, 2.45) is 38.7 Å². The molecule has 1 aliphatic heterocycles. The third kappa shape index (κ3) is 18.5. The summed E-state index contributed by atoms with van der Waals surface area (Å²) < 4.78 is 0. The number of para-hydroxylation sites is 1. The number of nitrogens with one attached hydrogen (secondary N) is 8. The Kier molecular flexibility index (Phi) is 21.9. The lowest BCUT2D eigenvalue weighted by atomic mass is 10.0. The lowest BCUT2D eigenvalue weighted by Crippen LogP contribution is -2.60. The van der Waals surface area contributed by atoms with E-state index in [9.17, 15) is 38.4 Å². The van der Waals surface area contributed by atoms with Crippen molar-refractivity contribution in [3.8, 4) is 0 Å². The Balaban J connectivity index is 1.71. The van der Waals surface area contributed by atoms with Crippen molar-refractivity contribution in [2.45, 2.75) is 101 Å². The maximum Gasteiger partial charge on any atom is 0.243 e. The number of guanidine groups is 2. The van der Waals surface area contributed by atoms with Crippen molar-refractivity contribution < 1.29 is 38.4 Å². The molecule has 7 atom stereocenters. The van der Waals surface area contributed by atoms with Crippen LogP contribution >= 0.6 is 21.6 Å². The number of amides is 8. The number of fused-ring (bicyclic) bond motifs is 1. The summed E-state index contributed by atoms with van der Waals surface area (Å²) in [5, 5.41) is 19.6. The lowest BCUT2D eigenvalue weighted by Gasteiger charge is -2.27. The number of carbonyl (C=O) groups excluding carboxylic acids is 8. The van der Waals surface area contributed by atoms with Crippen LogP contribution < -0.4 is 65.9 Å². The molecule has 4 rings (SSSR count). The third-order valence-corrected chi connectivity index (χ3v) is 13.2. The zero-order valence-electron chi connectivity index (χ0n) is 38.5. The molecule has 18 N–H and O–H groups in total. The Morgan fingerprint density at radius 1 is 0.725 bits per heavy atom. The first-order valence-electron chi connectivity index (χ1n) is 22.2. The molecule has 2 aromatic carbocycles. The highest BCUT2D eigenvalue weighted by atomic mass is 33.1. The Labute approximate surface area is 407 Å². The van der Waals surface area contributed by atoms with Crippen LogP contribution in [0.25, 0.3) is 10.9 Å². The van der Waals surface area contributed by atoms with Crippen LogP contribution in [0.2, 0.25) is 0 Å². The number of H-pyrrole nitrogens is 1. The van der Waals surface area contributed by atoms with Gasteiger partial charge in [0.05, 0.1) is 0 Å². The molecule has 374 valence electrons. The summed E-state index contributed by atoms with van der Waals surface area (Å²) >= 11 is 0. The second-order valence-electron chi connectivity index (χ2n) is 16.2. The van der Waals surface area contributed by atoms with Crippen LogP contribution in [-0.4, -0.2) is 131 Å². The molecule has 25 heteroatoms. The van der Waals surface area contributed by atoms with E-state index in [0.29, 0.717) is 17.5 Å². The van der Waals surface area contributed by atoms with Crippen LogP contribution in [0.1, 0.15) is 57.1 Å². The number of benzene rings is 2. The third-order valence-electron chi connectivity index (χ3n) is 10.7. The predicted molar refractivity (Wildman–Crippen MR) is 266 cm³/mol. The molecule has 0 saturated carbocycles. The van der Waals surface area contributed by atoms with Gasteiger partial charge in [0.25, 0.3) is 0 Å². The standard InChI is InChI=1S/C44H63N15O8S2/c1-24-37(62)57-33(20-26-10-4-3-5-11-26)41(66)55-31(15-9-18-51-44(48)49)40(65)58-34(21-27-22-52-29-13-7-6-12-28(27)29)42(67)59-35(36(45)61)23-69-68-19-16-32(38(63)53-24)56-39(64)30(54-25(2)60)14-8-17-50-43(46)47/h3-7,10-13,22,24,30-35,52H,8-9,14-21,23H2,1-2H3,(H2,45,61)(H,53,63)(H,54,60)(H,55,66)(H,56,64)(H,57,62)(H,58,65)(H,59,67)(H4,46,47,50)(H4,48,49,51)/t24-,30+,31+,32?,33-,34+,35+/m1/s1. The van der Waals surface area contributed by atoms with Gasteiger partial charge in [0.1, 0.15) is 42.3 Å². The molecule has 23 nitrogen and oxygen atoms in total. The SMILES string of the molecule is CC(=O)N[C@@H](CCCN=C(N)N)C(=O)NC1CCSSC[C@@H](C(N)=O)NC(=O)[C@H](Cc2c[nH]c3ccccc23)NC(=O)[C@H](CCCN=C(N)N)NC(=O)[C@@H](Cc2ccccc2)NC(=O)[C@@H](C)NC1=O. The summed E-state index contributed by atoms with van der Waals surface area (Å²) in [6, 6.07) is 7.41. The van der Waals surface area contributed by atoms with Gasteiger partial charge in [-0.2, -0.15) is 0 Å². The first-order valence-corrected chi connectivity index (χ1v) is 24.7. The van der Waals surface area contributed by atoms with Crippen LogP contribution in [0.3, 0.4) is 0 Å². The number of hydrogen-bond acceptors (Lipinski definition) is 12. The van der Waals surface area contributed by atoms with Gasteiger partial charge in [-0.15, -0.1) is 0 Å². The van der Waals surface area contributed by atoms with Gasteiger partial charge in [-0.3, -0.25) is 48.3 Å². The number of primary amides is 1. The topological polar surface area (TPSA) is 391 Å². The van der Waals surface area contributed by atoms with Crippen molar-refractivity contribution in [1.82, 2.24) is 42.2 Å². The predicted octanol–water partition coefficient (Wildman–Crippen LogP) is -2.24. The zero-order valence-corrected chi connectivity index (χ0v) is 40.1. The minimum atomic E-state index is -1.30. The van der Waals surface area contributed by atoms with Crippen molar-refractivity contribution in [2.75, 3.05) is 24.6 Å². The summed E-state index contributed by atoms with van der Waals surface area (Å²) in [5.74, 6) is -6.01. The van der Waals surface area contributed by atoms with Crippen LogP contribution in [0.4, 0.5) is 0 Å². The highest BCUT2D eigenvalue weighted by molar-refractivity contribution is 8.76. The van der Waals surface area contributed by atoms with Crippen LogP contribution in [0, 0.1) is 0 Å². The van der Waals surface area contributed by atoms with Gasteiger partial charge in [-0.05, 0) is 56.2 Å². The average molecular weight is 994 g/mol. The van der Waals surface area contributed by atoms with E-state index < -0.39 is 89.6 Å². The molecule has 0 spiro atoms. The largest absolute Gasteiger partial charge is 0.370 e. The maximum absolute atomic E-state index is 14.4. The number of hydrogen-bond donors (Lipinski definition) is 13. The van der Waals surface area contributed by atoms with E-state index in [4.69, 9.17) is 28.7 Å². The Bertz CT molecular complexity index is 2320. The maximum atomic E-state index is 14.4. The van der Waals surface area contributed by atoms with Crippen molar-refractivity contribution in [3.05, 3.63) is 71.9 Å². The molecule has 3 aromatic rings. The van der Waals surface area contributed by atoms with E-state index >= 15 is 0 Å². The van der Waals surface area contributed by atoms with Crippen molar-refractivity contribution in [1.29, 1.82) is 0 Å². The smallest absolute Gasteiger partial charge is 0.243 e.